The molecule has 1 amide bonds. The molecule has 0 saturated carbocycles. The van der Waals surface area contributed by atoms with E-state index in [1.54, 1.807) is 5.57 Å². The molecule has 1 aliphatic heterocycles. The second-order valence-electron chi connectivity index (χ2n) is 8.24. The highest BCUT2D eigenvalue weighted by atomic mass is 16.2. The molecule has 0 spiro atoms. The van der Waals surface area contributed by atoms with Crippen LogP contribution in [0.4, 0.5) is 5.69 Å². The third-order valence-electron chi connectivity index (χ3n) is 5.65. The van der Waals surface area contributed by atoms with Crippen molar-refractivity contribution >= 4 is 11.6 Å². The maximum Gasteiger partial charge on any atom is 0.241 e. The van der Waals surface area contributed by atoms with Gasteiger partial charge in [-0.2, -0.15) is 0 Å². The summed E-state index contributed by atoms with van der Waals surface area (Å²) in [5.74, 6) is 0.670. The molecule has 25 heavy (non-hydrogen) atoms. The minimum Gasteiger partial charge on any atom is -0.308 e. The fourth-order valence-electron chi connectivity index (χ4n) is 4.51. The van der Waals surface area contributed by atoms with Crippen LogP contribution in [-0.4, -0.2) is 24.5 Å². The van der Waals surface area contributed by atoms with Crippen molar-refractivity contribution in [2.24, 2.45) is 0 Å². The molecule has 1 aromatic rings. The number of anilines is 1. The largest absolute Gasteiger partial charge is 0.308 e. The molecule has 1 aromatic carbocycles. The van der Waals surface area contributed by atoms with Crippen LogP contribution >= 0.6 is 0 Å². The average molecular weight is 341 g/mol. The summed E-state index contributed by atoms with van der Waals surface area (Å²) in [6.07, 6.45) is 9.58. The Morgan fingerprint density at radius 2 is 2.08 bits per heavy atom. The van der Waals surface area contributed by atoms with Gasteiger partial charge in [-0.05, 0) is 76.5 Å². The van der Waals surface area contributed by atoms with E-state index in [0.29, 0.717) is 12.5 Å². The van der Waals surface area contributed by atoms with Crippen molar-refractivity contribution in [3.63, 3.8) is 0 Å². The zero-order chi connectivity index (χ0) is 17.9. The first kappa shape index (κ1) is 18.2. The molecule has 0 unspecified atom stereocenters. The zero-order valence-electron chi connectivity index (χ0n) is 16.0. The summed E-state index contributed by atoms with van der Waals surface area (Å²) < 4.78 is 0. The lowest BCUT2D eigenvalue weighted by molar-refractivity contribution is -0.119. The molecule has 0 aromatic heterocycles. The van der Waals surface area contributed by atoms with Crippen LogP contribution in [0.2, 0.25) is 0 Å². The minimum atomic E-state index is -0.140. The van der Waals surface area contributed by atoms with E-state index in [-0.39, 0.29) is 11.4 Å². The summed E-state index contributed by atoms with van der Waals surface area (Å²) in [7, 11) is 0. The van der Waals surface area contributed by atoms with Crippen LogP contribution in [0.5, 0.6) is 0 Å². The highest BCUT2D eigenvalue weighted by molar-refractivity contribution is 5.97. The predicted octanol–water partition coefficient (Wildman–Crippen LogP) is 4.79. The standard InChI is InChI=1S/C22H32N2O/c1-17-15-22(2,3)24(20-12-8-7-11-19(17)20)21(25)16-23-14-13-18-9-5-4-6-10-18/h7-9,11-12,17,23H,4-6,10,13-16H2,1-3H3/t17-/m0/s1. The van der Waals surface area contributed by atoms with Crippen LogP contribution in [0, 0.1) is 0 Å². The van der Waals surface area contributed by atoms with Crippen LogP contribution in [0.3, 0.4) is 0 Å². The molecule has 0 saturated heterocycles. The van der Waals surface area contributed by atoms with E-state index in [2.05, 4.69) is 50.4 Å². The van der Waals surface area contributed by atoms with Crippen molar-refractivity contribution in [3.8, 4) is 0 Å². The van der Waals surface area contributed by atoms with Crippen LogP contribution in [0.25, 0.3) is 0 Å². The molecule has 136 valence electrons. The van der Waals surface area contributed by atoms with Crippen LogP contribution < -0.4 is 10.2 Å². The number of nitrogens with one attached hydrogen (secondary N) is 1. The van der Waals surface area contributed by atoms with Gasteiger partial charge >= 0.3 is 0 Å². The number of hydrogen-bond donors (Lipinski definition) is 1. The van der Waals surface area contributed by atoms with Gasteiger partial charge in [-0.3, -0.25) is 4.79 Å². The van der Waals surface area contributed by atoms with Crippen molar-refractivity contribution in [2.45, 2.75) is 70.8 Å². The van der Waals surface area contributed by atoms with Crippen molar-refractivity contribution in [3.05, 3.63) is 41.5 Å². The Kier molecular flexibility index (Phi) is 5.63. The summed E-state index contributed by atoms with van der Waals surface area (Å²) in [5, 5.41) is 3.38. The summed E-state index contributed by atoms with van der Waals surface area (Å²) in [6.45, 7) is 7.94. The predicted molar refractivity (Wildman–Crippen MR) is 105 cm³/mol. The van der Waals surface area contributed by atoms with Gasteiger partial charge in [-0.15, -0.1) is 0 Å². The molecule has 1 atom stereocenters. The Labute approximate surface area is 152 Å². The Hall–Kier alpha value is -1.61. The number of hydrogen-bond acceptors (Lipinski definition) is 2. The first-order chi connectivity index (χ1) is 12.0. The monoisotopic (exact) mass is 340 g/mol. The second kappa shape index (κ2) is 7.74. The van der Waals surface area contributed by atoms with Crippen LogP contribution in [-0.2, 0) is 4.79 Å². The highest BCUT2D eigenvalue weighted by Gasteiger charge is 2.39. The van der Waals surface area contributed by atoms with Gasteiger partial charge in [0.05, 0.1) is 6.54 Å². The molecular formula is C22H32N2O. The second-order valence-corrected chi connectivity index (χ2v) is 8.24. The molecule has 1 N–H and O–H groups in total. The fourth-order valence-corrected chi connectivity index (χ4v) is 4.51. The van der Waals surface area contributed by atoms with E-state index >= 15 is 0 Å². The highest BCUT2D eigenvalue weighted by Crippen LogP contribution is 2.43. The van der Waals surface area contributed by atoms with Gasteiger partial charge in [-0.1, -0.05) is 36.8 Å². The van der Waals surface area contributed by atoms with E-state index in [9.17, 15) is 4.79 Å². The molecule has 0 radical (unpaired) electrons. The minimum absolute atomic E-state index is 0.140. The Morgan fingerprint density at radius 1 is 1.28 bits per heavy atom. The molecule has 1 aliphatic carbocycles. The van der Waals surface area contributed by atoms with E-state index in [1.807, 2.05) is 11.0 Å². The number of para-hydroxylation sites is 1. The van der Waals surface area contributed by atoms with E-state index in [0.717, 1.165) is 25.1 Å². The van der Waals surface area contributed by atoms with E-state index in [1.165, 1.54) is 31.2 Å². The number of amides is 1. The van der Waals surface area contributed by atoms with Crippen molar-refractivity contribution in [1.29, 1.82) is 0 Å². The van der Waals surface area contributed by atoms with Gasteiger partial charge in [-0.25, -0.2) is 0 Å². The van der Waals surface area contributed by atoms with Gasteiger partial charge in [0, 0.05) is 11.2 Å². The fraction of sp³-hybridized carbons (Fsp3) is 0.591. The third-order valence-corrected chi connectivity index (χ3v) is 5.65. The summed E-state index contributed by atoms with van der Waals surface area (Å²) in [5.41, 5.74) is 3.80. The van der Waals surface area contributed by atoms with E-state index < -0.39 is 0 Å². The Balaban J connectivity index is 1.62. The maximum absolute atomic E-state index is 13.0. The lowest BCUT2D eigenvalue weighted by Gasteiger charge is -2.46. The van der Waals surface area contributed by atoms with Crippen molar-refractivity contribution < 1.29 is 4.79 Å². The molecule has 0 fully saturated rings. The number of carbonyl (C=O) groups excluding carboxylic acids is 1. The number of fused-ring (bicyclic) bond motifs is 1. The third kappa shape index (κ3) is 4.14. The number of nitrogens with zero attached hydrogens (tertiary/aromatic N) is 1. The number of benzene rings is 1. The Morgan fingerprint density at radius 3 is 2.84 bits per heavy atom. The van der Waals surface area contributed by atoms with Crippen molar-refractivity contribution in [1.82, 2.24) is 5.32 Å². The van der Waals surface area contributed by atoms with E-state index in [4.69, 9.17) is 0 Å². The van der Waals surface area contributed by atoms with Crippen LogP contribution in [0.1, 0.15) is 70.8 Å². The van der Waals surface area contributed by atoms with Gasteiger partial charge < -0.3 is 10.2 Å². The first-order valence-electron chi connectivity index (χ1n) is 9.79. The molecule has 3 heteroatoms. The first-order valence-corrected chi connectivity index (χ1v) is 9.79. The molecule has 3 nitrogen and oxygen atoms in total. The molecule has 1 heterocycles. The summed E-state index contributed by atoms with van der Waals surface area (Å²) >= 11 is 0. The summed E-state index contributed by atoms with van der Waals surface area (Å²) in [4.78, 5) is 15.0. The van der Waals surface area contributed by atoms with Gasteiger partial charge in [0.15, 0.2) is 0 Å². The molecule has 0 bridgehead atoms. The van der Waals surface area contributed by atoms with Gasteiger partial charge in [0.25, 0.3) is 0 Å². The quantitative estimate of drug-likeness (QED) is 0.617. The summed E-state index contributed by atoms with van der Waals surface area (Å²) in [6, 6.07) is 8.37. The lowest BCUT2D eigenvalue weighted by Crippen LogP contribution is -2.54. The normalized spacial score (nSPS) is 22.3. The average Bonchev–Trinajstić information content (AvgIpc) is 2.59. The molecular weight excluding hydrogens is 308 g/mol. The SMILES string of the molecule is C[C@H]1CC(C)(C)N(C(=O)CNCCC2=CCCCC2)c2ccccc21. The Bertz CT molecular complexity index is 647. The van der Waals surface area contributed by atoms with Crippen molar-refractivity contribution in [2.75, 3.05) is 18.0 Å². The maximum atomic E-state index is 13.0. The topological polar surface area (TPSA) is 32.3 Å². The molecule has 2 aliphatic rings. The molecule has 3 rings (SSSR count). The number of carbonyl (C=O) groups is 1. The van der Waals surface area contributed by atoms with Gasteiger partial charge in [0.1, 0.15) is 0 Å². The lowest BCUT2D eigenvalue weighted by atomic mass is 9.80. The number of rotatable bonds is 5. The zero-order valence-corrected chi connectivity index (χ0v) is 16.0. The number of allylic oxidation sites excluding steroid dienone is 1. The smallest absolute Gasteiger partial charge is 0.241 e. The van der Waals surface area contributed by atoms with Crippen LogP contribution in [0.15, 0.2) is 35.9 Å². The van der Waals surface area contributed by atoms with Gasteiger partial charge in [0.2, 0.25) is 5.91 Å².